The van der Waals surface area contributed by atoms with E-state index in [-0.39, 0.29) is 0 Å². The van der Waals surface area contributed by atoms with Crippen LogP contribution in [-0.4, -0.2) is 20.8 Å². The first-order valence-electron chi connectivity index (χ1n) is 17.1. The van der Waals surface area contributed by atoms with Gasteiger partial charge in [-0.05, 0) is 18.2 Å². The predicted octanol–water partition coefficient (Wildman–Crippen LogP) is 8.49. The van der Waals surface area contributed by atoms with Crippen LogP contribution in [0.5, 0.6) is 0 Å². The Morgan fingerprint density at radius 3 is 0.985 bits per heavy atom. The minimum atomic E-state index is -7.22. The van der Waals surface area contributed by atoms with E-state index in [1.807, 2.05) is 24.3 Å². The largest absolute Gasteiger partial charge is 0.226 e. The summed E-state index contributed by atoms with van der Waals surface area (Å²) >= 11 is 1.71. The SMILES string of the molecule is CS(=O)(=O)c1ccc(C[n+]2csc3ccccc32)cc1.Fc1c(F)c(F)c([B-](c2c(F)c(F)c(F)c(F)c2F)(c2c(F)c(F)c(F)c(F)c2F)c2c(F)c(F)c(F)c(F)c2F)c(F)c1F. The van der Waals surface area contributed by atoms with Crippen LogP contribution < -0.4 is 26.4 Å². The summed E-state index contributed by atoms with van der Waals surface area (Å²) < 4.78 is 320. The van der Waals surface area contributed by atoms with Crippen LogP contribution >= 0.6 is 11.3 Å². The molecular weight excluding hydrogens is 969 g/mol. The van der Waals surface area contributed by atoms with E-state index >= 15 is 35.1 Å². The summed E-state index contributed by atoms with van der Waals surface area (Å²) in [5, 5.41) is 0. The zero-order valence-corrected chi connectivity index (χ0v) is 32.8. The number of para-hydroxylation sites is 1. The Labute approximate surface area is 353 Å². The van der Waals surface area contributed by atoms with Crippen molar-refractivity contribution in [2.45, 2.75) is 11.4 Å². The van der Waals surface area contributed by atoms with Gasteiger partial charge in [-0.2, -0.15) is 4.57 Å². The molecule has 1 aromatic heterocycles. The molecule has 6 aromatic carbocycles. The first-order chi connectivity index (χ1) is 30.2. The van der Waals surface area contributed by atoms with Gasteiger partial charge in [-0.1, -0.05) is 35.6 Å². The lowest BCUT2D eigenvalue weighted by molar-refractivity contribution is -0.658. The Bertz CT molecular complexity index is 2840. The Morgan fingerprint density at radius 2 is 0.692 bits per heavy atom. The molecule has 1 heterocycles. The van der Waals surface area contributed by atoms with Crippen LogP contribution in [0.3, 0.4) is 0 Å². The van der Waals surface area contributed by atoms with Crippen molar-refractivity contribution in [3.05, 3.63) is 176 Å². The smallest absolute Gasteiger partial charge is 0.224 e. The quantitative estimate of drug-likeness (QED) is 0.0529. The number of halogens is 20. The summed E-state index contributed by atoms with van der Waals surface area (Å²) in [4.78, 5) is 0.362. The third-order valence-corrected chi connectivity index (χ3v) is 12.0. The maximum Gasteiger partial charge on any atom is 0.226 e. The summed E-state index contributed by atoms with van der Waals surface area (Å²) in [6, 6.07) is 15.3. The zero-order valence-electron chi connectivity index (χ0n) is 31.1. The molecule has 0 saturated carbocycles. The van der Waals surface area contributed by atoms with Crippen molar-refractivity contribution in [1.29, 1.82) is 0 Å². The van der Waals surface area contributed by atoms with Crippen LogP contribution in [0.1, 0.15) is 5.56 Å². The number of sulfone groups is 1. The second kappa shape index (κ2) is 17.3. The number of rotatable bonds is 7. The van der Waals surface area contributed by atoms with E-state index < -0.39 is 154 Å². The molecule has 7 aromatic rings. The highest BCUT2D eigenvalue weighted by Crippen LogP contribution is 2.31. The summed E-state index contributed by atoms with van der Waals surface area (Å²) in [5.41, 5.74) is -9.95. The molecule has 65 heavy (non-hydrogen) atoms. The fourth-order valence-electron chi connectivity index (χ4n) is 7.01. The maximum absolute atomic E-state index is 15.4. The van der Waals surface area contributed by atoms with Crippen LogP contribution in [0.2, 0.25) is 0 Å². The van der Waals surface area contributed by atoms with Gasteiger partial charge in [-0.15, -0.1) is 21.9 Å². The Hall–Kier alpha value is -6.18. The molecule has 3 nitrogen and oxygen atoms in total. The highest BCUT2D eigenvalue weighted by Gasteiger charge is 2.52. The molecule has 26 heteroatoms. The fourth-order valence-corrected chi connectivity index (χ4v) is 8.53. The lowest BCUT2D eigenvalue weighted by atomic mass is 9.12. The lowest BCUT2D eigenvalue weighted by Gasteiger charge is -2.44. The molecule has 0 aliphatic heterocycles. The lowest BCUT2D eigenvalue weighted by Crippen LogP contribution is -2.81. The fraction of sp³-hybridized carbons (Fsp3) is 0.0513. The molecule has 0 aliphatic carbocycles. The molecule has 0 amide bonds. The summed E-state index contributed by atoms with van der Waals surface area (Å²) in [6.07, 6.45) is -5.99. The van der Waals surface area contributed by atoms with Crippen molar-refractivity contribution in [3.8, 4) is 0 Å². The number of thiazole rings is 1. The van der Waals surface area contributed by atoms with Crippen LogP contribution in [0.4, 0.5) is 87.8 Å². The van der Waals surface area contributed by atoms with Crippen LogP contribution in [0.15, 0.2) is 58.9 Å². The van der Waals surface area contributed by atoms with Crippen molar-refractivity contribution in [2.75, 3.05) is 6.26 Å². The summed E-state index contributed by atoms with van der Waals surface area (Å²) in [6.45, 7) is 0.744. The van der Waals surface area contributed by atoms with E-state index in [1.54, 1.807) is 23.5 Å². The van der Waals surface area contributed by atoms with Crippen LogP contribution in [-0.2, 0) is 16.4 Å². The van der Waals surface area contributed by atoms with Gasteiger partial charge in [0.15, 0.2) is 86.2 Å². The second-order valence-corrected chi connectivity index (χ2v) is 16.4. The third kappa shape index (κ3) is 7.62. The van der Waals surface area contributed by atoms with E-state index in [4.69, 9.17) is 0 Å². The minimum Gasteiger partial charge on any atom is -0.224 e. The molecule has 0 unspecified atom stereocenters. The molecular formula is C39H14BF20NO2S2. The first-order valence-corrected chi connectivity index (χ1v) is 19.9. The Morgan fingerprint density at radius 1 is 0.415 bits per heavy atom. The van der Waals surface area contributed by atoms with Gasteiger partial charge in [0.2, 0.25) is 11.0 Å². The van der Waals surface area contributed by atoms with Crippen molar-refractivity contribution < 1.29 is 101 Å². The number of aromatic nitrogens is 1. The zero-order chi connectivity index (χ0) is 48.5. The Kier molecular flexibility index (Phi) is 12.9. The summed E-state index contributed by atoms with van der Waals surface area (Å²) in [7, 11) is -3.12. The predicted molar refractivity (Wildman–Crippen MR) is 190 cm³/mol. The van der Waals surface area contributed by atoms with E-state index in [9.17, 15) is 61.1 Å². The van der Waals surface area contributed by atoms with E-state index in [1.165, 1.54) is 16.5 Å². The molecule has 0 aliphatic rings. The average Bonchev–Trinajstić information content (AvgIpc) is 3.68. The third-order valence-electron chi connectivity index (χ3n) is 9.89. The van der Waals surface area contributed by atoms with Gasteiger partial charge in [0.25, 0.3) is 0 Å². The molecule has 0 spiro atoms. The van der Waals surface area contributed by atoms with Crippen molar-refractivity contribution in [2.24, 2.45) is 0 Å². The number of hydrogen-bond donors (Lipinski definition) is 0. The van der Waals surface area contributed by atoms with E-state index in [2.05, 4.69) is 22.2 Å². The van der Waals surface area contributed by atoms with E-state index in [0.717, 1.165) is 12.1 Å². The topological polar surface area (TPSA) is 38.0 Å². The molecule has 7 rings (SSSR count). The van der Waals surface area contributed by atoms with Gasteiger partial charge < -0.3 is 0 Å². The van der Waals surface area contributed by atoms with Crippen LogP contribution in [0.25, 0.3) is 10.2 Å². The average molecular weight is 983 g/mol. The number of hydrogen-bond acceptors (Lipinski definition) is 3. The van der Waals surface area contributed by atoms with Gasteiger partial charge in [0.05, 0.1) is 4.90 Å². The van der Waals surface area contributed by atoms with Crippen molar-refractivity contribution in [1.82, 2.24) is 0 Å². The highest BCUT2D eigenvalue weighted by molar-refractivity contribution is 7.90. The summed E-state index contributed by atoms with van der Waals surface area (Å²) in [5.74, 6) is -71.4. The number of fused-ring (bicyclic) bond motifs is 1. The first kappa shape index (κ1) is 48.3. The molecule has 0 radical (unpaired) electrons. The molecule has 0 fully saturated rings. The van der Waals surface area contributed by atoms with Gasteiger partial charge >= 0.3 is 0 Å². The van der Waals surface area contributed by atoms with Gasteiger partial charge in [-0.25, -0.2) is 96.2 Å². The monoisotopic (exact) mass is 983 g/mol. The minimum absolute atomic E-state index is 0.362. The van der Waals surface area contributed by atoms with Gasteiger partial charge in [0, 0.05) is 17.9 Å². The molecule has 0 N–H and O–H groups in total. The van der Waals surface area contributed by atoms with Gasteiger partial charge in [0.1, 0.15) is 57.4 Å². The van der Waals surface area contributed by atoms with Gasteiger partial charge in [-0.3, -0.25) is 0 Å². The van der Waals surface area contributed by atoms with Crippen molar-refractivity contribution >= 4 is 59.4 Å². The molecule has 0 bridgehead atoms. The normalized spacial score (nSPS) is 12.0. The number of nitrogens with zero attached hydrogens (tertiary/aromatic N) is 1. The van der Waals surface area contributed by atoms with E-state index in [0.29, 0.717) is 4.90 Å². The molecule has 0 atom stereocenters. The highest BCUT2D eigenvalue weighted by atomic mass is 32.2. The second-order valence-electron chi connectivity index (χ2n) is 13.5. The molecule has 0 saturated heterocycles. The van der Waals surface area contributed by atoms with Crippen molar-refractivity contribution in [3.63, 3.8) is 0 Å². The number of benzene rings is 6. The standard InChI is InChI=1S/C24BF20.C15H14NO2S2/c26-5-1(6(27)14(35)21(42)13(5)34)25(2-7(28)15(36)22(43)16(37)8(2)29,3-9(30)17(38)23(44)18(39)10(3)31)4-11(32)19(40)24(45)20(41)12(4)33;1-20(17,18)13-8-6-12(7-9-13)10-16-11-19-15-5-3-2-4-14(15)16/h;2-9,11H,10H2,1H3/q-1;+1. The Balaban J connectivity index is 0.000000289. The van der Waals surface area contributed by atoms with Crippen LogP contribution in [0, 0.1) is 116 Å². The molecule has 342 valence electrons. The maximum atomic E-state index is 15.4.